The highest BCUT2D eigenvalue weighted by atomic mass is 16.5. The third kappa shape index (κ3) is 8.22. The highest BCUT2D eigenvalue weighted by Crippen LogP contribution is 2.64. The van der Waals surface area contributed by atoms with Crippen LogP contribution in [-0.4, -0.2) is 13.2 Å². The van der Waals surface area contributed by atoms with E-state index in [2.05, 4.69) is 125 Å². The van der Waals surface area contributed by atoms with Gasteiger partial charge in [0.15, 0.2) is 5.60 Å². The lowest BCUT2D eigenvalue weighted by Crippen LogP contribution is -2.38. The molecule has 17 rings (SSSR count). The summed E-state index contributed by atoms with van der Waals surface area (Å²) in [4.78, 5) is 0. The van der Waals surface area contributed by atoms with Crippen LogP contribution in [0.5, 0.6) is 40.2 Å². The second kappa shape index (κ2) is 18.2. The molecule has 5 heteroatoms. The van der Waals surface area contributed by atoms with E-state index in [0.717, 1.165) is 97.2 Å². The first-order chi connectivity index (χ1) is 33.3. The van der Waals surface area contributed by atoms with E-state index in [1.54, 1.807) is 0 Å². The molecule has 1 atom stereocenters. The first-order valence-corrected chi connectivity index (χ1v) is 25.4. The highest BCUT2D eigenvalue weighted by Gasteiger charge is 2.51. The maximum absolute atomic E-state index is 7.82. The van der Waals surface area contributed by atoms with Gasteiger partial charge in [0, 0.05) is 16.4 Å². The van der Waals surface area contributed by atoms with Crippen molar-refractivity contribution in [2.24, 2.45) is 5.41 Å². The fraction of sp³-hybridized carbons (Fsp3) is 0.333. The average molecular weight is 901 g/mol. The van der Waals surface area contributed by atoms with E-state index >= 15 is 0 Å². The lowest BCUT2D eigenvalue weighted by atomic mass is 9.58. The van der Waals surface area contributed by atoms with Crippen molar-refractivity contribution in [2.75, 3.05) is 13.2 Å². The number of hydrogen-bond acceptors (Lipinski definition) is 5. The molecule has 7 aromatic carbocycles. The van der Waals surface area contributed by atoms with E-state index in [0.29, 0.717) is 18.6 Å². The molecule has 2 aliphatic carbocycles. The topological polar surface area (TPSA) is 46.2 Å². The maximum Gasteiger partial charge on any atom is 0.153 e. The van der Waals surface area contributed by atoms with Gasteiger partial charge in [-0.15, -0.1) is 0 Å². The van der Waals surface area contributed by atoms with Crippen molar-refractivity contribution in [3.63, 3.8) is 0 Å². The Morgan fingerprint density at radius 2 is 1.07 bits per heavy atom. The molecule has 8 heterocycles. The summed E-state index contributed by atoms with van der Waals surface area (Å²) in [6.07, 6.45) is 17.7. The van der Waals surface area contributed by atoms with Crippen molar-refractivity contribution in [1.29, 1.82) is 0 Å². The van der Waals surface area contributed by atoms with E-state index in [9.17, 15) is 0 Å². The van der Waals surface area contributed by atoms with Crippen LogP contribution in [0.3, 0.4) is 0 Å². The van der Waals surface area contributed by atoms with Crippen molar-refractivity contribution in [1.82, 2.24) is 0 Å². The molecule has 1 fully saturated rings. The summed E-state index contributed by atoms with van der Waals surface area (Å²) < 4.78 is 32.6. The molecule has 0 aromatic heterocycles. The summed E-state index contributed by atoms with van der Waals surface area (Å²) in [7, 11) is 0. The van der Waals surface area contributed by atoms with Gasteiger partial charge in [0.2, 0.25) is 0 Å². The van der Waals surface area contributed by atoms with E-state index in [-0.39, 0.29) is 5.41 Å². The zero-order valence-electron chi connectivity index (χ0n) is 40.3. The quantitative estimate of drug-likeness (QED) is 0.173. The normalized spacial score (nSPS) is 19.4. The highest BCUT2D eigenvalue weighted by molar-refractivity contribution is 6.08. The van der Waals surface area contributed by atoms with Crippen molar-refractivity contribution in [3.8, 4) is 51.4 Å². The van der Waals surface area contributed by atoms with Gasteiger partial charge in [-0.2, -0.15) is 0 Å². The fourth-order valence-electron chi connectivity index (χ4n) is 11.9. The Morgan fingerprint density at radius 3 is 1.69 bits per heavy atom. The fourth-order valence-corrected chi connectivity index (χ4v) is 11.9. The van der Waals surface area contributed by atoms with Gasteiger partial charge in [-0.1, -0.05) is 98.5 Å². The Morgan fingerprint density at radius 1 is 0.515 bits per heavy atom. The number of aryl methyl sites for hydroxylation is 3. The van der Waals surface area contributed by atoms with Crippen molar-refractivity contribution >= 4 is 16.8 Å². The van der Waals surface area contributed by atoms with Crippen LogP contribution in [0.25, 0.3) is 28.0 Å². The summed E-state index contributed by atoms with van der Waals surface area (Å²) >= 11 is 0. The molecule has 8 aliphatic heterocycles. The number of hydrogen-bond donors (Lipinski definition) is 0. The van der Waals surface area contributed by atoms with Gasteiger partial charge in [0.25, 0.3) is 0 Å². The predicted octanol–water partition coefficient (Wildman–Crippen LogP) is 17.0. The van der Waals surface area contributed by atoms with Crippen molar-refractivity contribution in [3.05, 3.63) is 178 Å². The van der Waals surface area contributed by atoms with E-state index in [1.807, 2.05) is 48.5 Å². The molecular weight excluding hydrogens is 837 g/mol. The SMILES string of the molecule is CCC1(CC)CCC2(CC1)c1cc(C)ccc1-c1c2c2c(c3cc(C)ccc13)OC1(C=C2)CCCCc2ccc(cc2)Oc2ccc(cc2)OCCCCOc2ccc(cc2)Oc2ccc1cc2. The zero-order chi connectivity index (χ0) is 46.3. The Labute approximate surface area is 403 Å². The molecule has 10 aliphatic rings. The van der Waals surface area contributed by atoms with E-state index in [1.165, 1.54) is 81.0 Å². The van der Waals surface area contributed by atoms with Gasteiger partial charge in [0.05, 0.1) is 13.2 Å². The molecule has 0 amide bonds. The van der Waals surface area contributed by atoms with Gasteiger partial charge in [0.1, 0.15) is 40.2 Å². The molecule has 1 unspecified atom stereocenters. The number of benzene rings is 7. The standard InChI is InChI=1S/C63H64O5/c1-5-61(6-2)35-37-62(38-36-61)57-42-44(4)13-31-54(57)58-53-30-12-43(3)41-56(53)60-55(59(58)62)32-34-63(68-60)33-8-7-11-45-14-18-49(19-15-45)66-51-26-22-47(23-27-51)64-39-9-10-40-65-48-24-28-52(29-25-48)67-50-20-16-46(63)17-21-50/h12-32,34,41-42H,5-11,33,35-40H2,1-4H3. The van der Waals surface area contributed by atoms with Crippen LogP contribution in [0.15, 0.2) is 140 Å². The van der Waals surface area contributed by atoms with Crippen molar-refractivity contribution < 1.29 is 23.7 Å². The molecular formula is C63H64O5. The van der Waals surface area contributed by atoms with Crippen LogP contribution in [0, 0.1) is 19.3 Å². The summed E-state index contributed by atoms with van der Waals surface area (Å²) in [5, 5.41) is 2.51. The van der Waals surface area contributed by atoms with Crippen LogP contribution in [0.2, 0.25) is 0 Å². The molecule has 1 saturated carbocycles. The summed E-state index contributed by atoms with van der Waals surface area (Å²) in [6, 6.07) is 47.3. The minimum absolute atomic E-state index is 0.0571. The Bertz CT molecular complexity index is 2950. The number of ether oxygens (including phenoxy) is 5. The lowest BCUT2D eigenvalue weighted by molar-refractivity contribution is 0.104. The van der Waals surface area contributed by atoms with Crippen molar-refractivity contribution in [2.45, 2.75) is 116 Å². The molecule has 8 bridgehead atoms. The summed E-state index contributed by atoms with van der Waals surface area (Å²) in [5.74, 6) is 5.84. The smallest absolute Gasteiger partial charge is 0.153 e. The molecule has 0 saturated heterocycles. The van der Waals surface area contributed by atoms with Gasteiger partial charge in [-0.3, -0.25) is 0 Å². The largest absolute Gasteiger partial charge is 0.494 e. The monoisotopic (exact) mass is 900 g/mol. The minimum atomic E-state index is -0.684. The Balaban J connectivity index is 0.966. The molecule has 68 heavy (non-hydrogen) atoms. The van der Waals surface area contributed by atoms with Crippen LogP contribution in [-0.2, 0) is 17.4 Å². The average Bonchev–Trinajstić information content (AvgIpc) is 3.64. The van der Waals surface area contributed by atoms with Gasteiger partial charge >= 0.3 is 0 Å². The van der Waals surface area contributed by atoms with E-state index < -0.39 is 5.60 Å². The van der Waals surface area contributed by atoms with Crippen LogP contribution < -0.4 is 23.7 Å². The molecule has 346 valence electrons. The molecule has 5 nitrogen and oxygen atoms in total. The van der Waals surface area contributed by atoms with Gasteiger partial charge in [-0.05, 0) is 207 Å². The molecule has 0 radical (unpaired) electrons. The second-order valence-electron chi connectivity index (χ2n) is 20.1. The summed E-state index contributed by atoms with van der Waals surface area (Å²) in [5.41, 5.74) is 11.8. The molecule has 7 aromatic rings. The van der Waals surface area contributed by atoms with Crippen LogP contribution in [0.4, 0.5) is 0 Å². The first kappa shape index (κ1) is 44.1. The Hall–Kier alpha value is -6.46. The molecule has 0 N–H and O–H groups in total. The lowest BCUT2D eigenvalue weighted by Gasteiger charge is -2.47. The first-order valence-electron chi connectivity index (χ1n) is 25.4. The van der Waals surface area contributed by atoms with Crippen LogP contribution in [0.1, 0.15) is 123 Å². The maximum atomic E-state index is 7.82. The second-order valence-corrected chi connectivity index (χ2v) is 20.1. The van der Waals surface area contributed by atoms with Gasteiger partial charge < -0.3 is 23.7 Å². The molecule has 2 spiro atoms. The summed E-state index contributed by atoms with van der Waals surface area (Å²) in [6.45, 7) is 10.5. The van der Waals surface area contributed by atoms with E-state index in [4.69, 9.17) is 23.7 Å². The minimum Gasteiger partial charge on any atom is -0.494 e. The predicted molar refractivity (Wildman–Crippen MR) is 276 cm³/mol. The van der Waals surface area contributed by atoms with Gasteiger partial charge in [-0.25, -0.2) is 0 Å². The zero-order valence-corrected chi connectivity index (χ0v) is 40.3. The third-order valence-corrected chi connectivity index (χ3v) is 16.1. The van der Waals surface area contributed by atoms with Crippen LogP contribution >= 0.6 is 0 Å². The number of fused-ring (bicyclic) bond motifs is 10. The Kier molecular flexibility index (Phi) is 11.8. The number of rotatable bonds is 2. The third-order valence-electron chi connectivity index (χ3n) is 16.1.